The second kappa shape index (κ2) is 16.5. The molecule has 0 spiro atoms. The zero-order chi connectivity index (χ0) is 22.3. The maximum absolute atomic E-state index is 10.7. The molecule has 0 unspecified atom stereocenters. The zero-order valence-electron chi connectivity index (χ0n) is 17.8. The first-order chi connectivity index (χ1) is 11.9. The van der Waals surface area contributed by atoms with Crippen LogP contribution in [-0.4, -0.2) is 46.7 Å². The van der Waals surface area contributed by atoms with Crippen LogP contribution in [-0.2, 0) is 23.4 Å². The van der Waals surface area contributed by atoms with Gasteiger partial charge >= 0.3 is 0 Å². The molecule has 9 heteroatoms. The summed E-state index contributed by atoms with van der Waals surface area (Å²) in [4.78, 5) is 0. The van der Waals surface area contributed by atoms with Gasteiger partial charge < -0.3 is 5.11 Å². The lowest BCUT2D eigenvalue weighted by Gasteiger charge is -2.08. The van der Waals surface area contributed by atoms with Gasteiger partial charge in [-0.1, -0.05) is 23.3 Å². The summed E-state index contributed by atoms with van der Waals surface area (Å²) < 4.78 is 45.0. The summed E-state index contributed by atoms with van der Waals surface area (Å²) in [5, 5.41) is 8.84. The van der Waals surface area contributed by atoms with Gasteiger partial charge in [0, 0.05) is 10.7 Å². The fourth-order valence-corrected chi connectivity index (χ4v) is 2.26. The molecule has 0 aromatic carbocycles. The van der Waals surface area contributed by atoms with Gasteiger partial charge in [-0.15, -0.1) is 0 Å². The van der Waals surface area contributed by atoms with Crippen LogP contribution in [0.25, 0.3) is 0 Å². The van der Waals surface area contributed by atoms with Gasteiger partial charge in [-0.3, -0.25) is 4.18 Å². The van der Waals surface area contributed by atoms with Crippen molar-refractivity contribution in [3.63, 3.8) is 0 Å². The highest BCUT2D eigenvalue weighted by Gasteiger charge is 2.08. The summed E-state index contributed by atoms with van der Waals surface area (Å²) in [6, 6.07) is 0. The van der Waals surface area contributed by atoms with Crippen molar-refractivity contribution in [2.75, 3.05) is 12.5 Å². The third-order valence-corrected chi connectivity index (χ3v) is 3.28. The molecule has 2 atom stereocenters. The smallest absolute Gasteiger partial charge is 0.264 e. The zero-order valence-corrected chi connectivity index (χ0v) is 20.2. The molecule has 6 nitrogen and oxygen atoms in total. The van der Waals surface area contributed by atoms with Gasteiger partial charge in [0.1, 0.15) is 0 Å². The van der Waals surface area contributed by atoms with Crippen LogP contribution in [0.4, 0.5) is 0 Å². The van der Waals surface area contributed by atoms with Crippen molar-refractivity contribution < 1.29 is 26.1 Å². The van der Waals surface area contributed by atoms with Crippen LogP contribution in [0.5, 0.6) is 0 Å². The van der Waals surface area contributed by atoms with Crippen molar-refractivity contribution in [1.29, 1.82) is 0 Å². The number of aliphatic hydroxyl groups is 1. The third kappa shape index (κ3) is 51.7. The van der Waals surface area contributed by atoms with Crippen LogP contribution in [0.15, 0.2) is 23.3 Å². The Balaban J connectivity index is -0.000000356. The van der Waals surface area contributed by atoms with E-state index in [-0.39, 0.29) is 12.2 Å². The van der Waals surface area contributed by atoms with E-state index in [0.29, 0.717) is 0 Å². The van der Waals surface area contributed by atoms with E-state index in [9.17, 15) is 16.8 Å². The molecule has 0 bridgehead atoms. The number of hydrogen-bond donors (Lipinski definition) is 1. The Morgan fingerprint density at radius 2 is 1.26 bits per heavy atom. The summed E-state index contributed by atoms with van der Waals surface area (Å²) in [7, 11) is -1.99. The SMILES string of the molecule is CC(C)=CCC[C@@H](C)O.CC(C)=CCC[C@@H](C)OS(C)(=O)=O.CS(=O)(=O)Cl. The molecule has 164 valence electrons. The van der Waals surface area contributed by atoms with Gasteiger partial charge in [-0.2, -0.15) is 8.42 Å². The quantitative estimate of drug-likeness (QED) is 0.335. The molecule has 0 aromatic rings. The Labute approximate surface area is 171 Å². The van der Waals surface area contributed by atoms with Crippen molar-refractivity contribution >= 4 is 29.9 Å². The first kappa shape index (κ1) is 31.3. The average molecular weight is 449 g/mol. The number of rotatable bonds is 8. The average Bonchev–Trinajstić information content (AvgIpc) is 2.33. The second-order valence-corrected chi connectivity index (χ2v) is 11.5. The van der Waals surface area contributed by atoms with Crippen LogP contribution >= 0.6 is 10.7 Å². The van der Waals surface area contributed by atoms with Gasteiger partial charge in [-0.05, 0) is 67.2 Å². The monoisotopic (exact) mass is 448 g/mol. The molecule has 0 heterocycles. The predicted octanol–water partition coefficient (Wildman–Crippen LogP) is 4.40. The van der Waals surface area contributed by atoms with Crippen LogP contribution in [0.2, 0.25) is 0 Å². The molecule has 0 aliphatic heterocycles. The van der Waals surface area contributed by atoms with E-state index in [0.717, 1.165) is 38.2 Å². The fraction of sp³-hybridized carbons (Fsp3) is 0.778. The van der Waals surface area contributed by atoms with E-state index in [2.05, 4.69) is 36.7 Å². The van der Waals surface area contributed by atoms with Crippen molar-refractivity contribution in [3.8, 4) is 0 Å². The Bertz CT molecular complexity index is 619. The molecule has 27 heavy (non-hydrogen) atoms. The molecule has 0 aliphatic rings. The molecule has 0 saturated carbocycles. The highest BCUT2D eigenvalue weighted by atomic mass is 35.7. The van der Waals surface area contributed by atoms with Crippen LogP contribution < -0.4 is 0 Å². The first-order valence-corrected chi connectivity index (χ1v) is 13.2. The first-order valence-electron chi connectivity index (χ1n) is 8.66. The molecule has 1 N–H and O–H groups in total. The number of halogens is 1. The van der Waals surface area contributed by atoms with Gasteiger partial charge in [0.25, 0.3) is 10.1 Å². The molecule has 0 aromatic heterocycles. The summed E-state index contributed by atoms with van der Waals surface area (Å²) in [6.45, 7) is 11.8. The molecule has 0 amide bonds. The lowest BCUT2D eigenvalue weighted by Crippen LogP contribution is -2.13. The summed E-state index contributed by atoms with van der Waals surface area (Å²) >= 11 is 0. The minimum Gasteiger partial charge on any atom is -0.393 e. The normalized spacial score (nSPS) is 13.1. The van der Waals surface area contributed by atoms with Gasteiger partial charge in [0.05, 0.1) is 24.7 Å². The van der Waals surface area contributed by atoms with E-state index in [1.54, 1.807) is 6.92 Å². The van der Waals surface area contributed by atoms with Crippen LogP contribution in [0.3, 0.4) is 0 Å². The predicted molar refractivity (Wildman–Crippen MR) is 115 cm³/mol. The highest BCUT2D eigenvalue weighted by Crippen LogP contribution is 2.06. The van der Waals surface area contributed by atoms with E-state index in [1.165, 1.54) is 11.1 Å². The summed E-state index contributed by atoms with van der Waals surface area (Å²) in [6.07, 6.45) is 9.31. The lowest BCUT2D eigenvalue weighted by atomic mass is 10.2. The lowest BCUT2D eigenvalue weighted by molar-refractivity contribution is 0.186. The Kier molecular flexibility index (Phi) is 19.2. The maximum atomic E-state index is 10.7. The Hall–Kier alpha value is -0.410. The fourth-order valence-electron chi connectivity index (χ4n) is 1.57. The van der Waals surface area contributed by atoms with Gasteiger partial charge in [0.15, 0.2) is 0 Å². The van der Waals surface area contributed by atoms with Gasteiger partial charge in [0.2, 0.25) is 9.05 Å². The van der Waals surface area contributed by atoms with E-state index in [1.807, 2.05) is 20.8 Å². The molecular weight excluding hydrogens is 412 g/mol. The Morgan fingerprint density at radius 1 is 0.926 bits per heavy atom. The molecule has 0 saturated heterocycles. The molecule has 0 radical (unpaired) electrons. The van der Waals surface area contributed by atoms with Gasteiger partial charge in [-0.25, -0.2) is 8.42 Å². The van der Waals surface area contributed by atoms with Crippen molar-refractivity contribution in [2.45, 2.75) is 79.4 Å². The molecule has 0 aliphatic carbocycles. The van der Waals surface area contributed by atoms with E-state index in [4.69, 9.17) is 9.29 Å². The number of hydrogen-bond acceptors (Lipinski definition) is 6. The van der Waals surface area contributed by atoms with Crippen LogP contribution in [0.1, 0.15) is 67.2 Å². The van der Waals surface area contributed by atoms with Crippen molar-refractivity contribution in [3.05, 3.63) is 23.3 Å². The minimum absolute atomic E-state index is 0.152. The largest absolute Gasteiger partial charge is 0.393 e. The number of aliphatic hydroxyl groups excluding tert-OH is 1. The Morgan fingerprint density at radius 3 is 1.52 bits per heavy atom. The third-order valence-electron chi connectivity index (χ3n) is 2.60. The topological polar surface area (TPSA) is 97.7 Å². The van der Waals surface area contributed by atoms with Crippen LogP contribution in [0, 0.1) is 0 Å². The minimum atomic E-state index is -3.29. The second-order valence-electron chi connectivity index (χ2n) is 6.86. The van der Waals surface area contributed by atoms with Crippen molar-refractivity contribution in [1.82, 2.24) is 0 Å². The van der Waals surface area contributed by atoms with E-state index >= 15 is 0 Å². The van der Waals surface area contributed by atoms with Crippen molar-refractivity contribution in [2.24, 2.45) is 0 Å². The maximum Gasteiger partial charge on any atom is 0.264 e. The molecular formula is C18H37ClO6S2. The van der Waals surface area contributed by atoms with E-state index < -0.39 is 19.2 Å². The molecule has 0 fully saturated rings. The molecule has 0 rings (SSSR count). The standard InChI is InChI=1S/C9H18O3S.C8H16O.CH3ClO2S/c1-8(2)6-5-7-9(3)12-13(4,10)11;1-7(2)5-4-6-8(3)9;1-5(2,3)4/h6,9H,5,7H2,1-4H3;5,8-9H,4,6H2,1-3H3;1H3/t9-;8-;/m11./s1. The number of allylic oxidation sites excluding steroid dienone is 4. The highest BCUT2D eigenvalue weighted by molar-refractivity contribution is 8.13. The summed E-state index contributed by atoms with van der Waals surface area (Å²) in [5.74, 6) is 0. The summed E-state index contributed by atoms with van der Waals surface area (Å²) in [5.41, 5.74) is 2.57.